The summed E-state index contributed by atoms with van der Waals surface area (Å²) in [5.74, 6) is -0.972. The van der Waals surface area contributed by atoms with E-state index in [0.717, 1.165) is 83.5 Å². The van der Waals surface area contributed by atoms with Gasteiger partial charge in [-0.05, 0) is 89.9 Å². The number of esters is 3. The van der Waals surface area contributed by atoms with E-state index in [1.165, 1.54) is 218 Å². The Balaban J connectivity index is 4.28. The summed E-state index contributed by atoms with van der Waals surface area (Å²) < 4.78 is 16.9. The molecule has 1 atom stereocenters. The van der Waals surface area contributed by atoms with Gasteiger partial charge in [0.25, 0.3) is 0 Å². The first-order valence-electron chi connectivity index (χ1n) is 35.2. The molecular formula is C76H132O6. The Hall–Kier alpha value is -3.67. The van der Waals surface area contributed by atoms with Crippen LogP contribution in [0.5, 0.6) is 0 Å². The smallest absolute Gasteiger partial charge is 0.306 e. The summed E-state index contributed by atoms with van der Waals surface area (Å²) in [5, 5.41) is 0. The predicted octanol–water partition coefficient (Wildman–Crippen LogP) is 24.4. The Morgan fingerprint density at radius 3 is 0.793 bits per heavy atom. The van der Waals surface area contributed by atoms with Crippen molar-refractivity contribution in [1.82, 2.24) is 0 Å². The predicted molar refractivity (Wildman–Crippen MR) is 357 cm³/mol. The van der Waals surface area contributed by atoms with Crippen LogP contribution in [0.1, 0.15) is 348 Å². The highest BCUT2D eigenvalue weighted by Gasteiger charge is 2.19. The number of hydrogen-bond donors (Lipinski definition) is 0. The van der Waals surface area contributed by atoms with Gasteiger partial charge < -0.3 is 14.2 Å². The van der Waals surface area contributed by atoms with E-state index in [9.17, 15) is 14.4 Å². The molecule has 0 aromatic carbocycles. The highest BCUT2D eigenvalue weighted by molar-refractivity contribution is 5.71. The Kier molecular flexibility index (Phi) is 66.7. The average Bonchev–Trinajstić information content (AvgIpc) is 3.47. The molecule has 6 nitrogen and oxygen atoms in total. The maximum absolute atomic E-state index is 12.9. The molecule has 0 aliphatic heterocycles. The van der Waals surface area contributed by atoms with Gasteiger partial charge in [0.15, 0.2) is 6.10 Å². The van der Waals surface area contributed by atoms with Crippen LogP contribution in [0.2, 0.25) is 0 Å². The Labute approximate surface area is 508 Å². The topological polar surface area (TPSA) is 78.9 Å². The molecule has 0 spiro atoms. The highest BCUT2D eigenvalue weighted by Crippen LogP contribution is 2.18. The summed E-state index contributed by atoms with van der Waals surface area (Å²) in [6.45, 7) is 6.50. The summed E-state index contributed by atoms with van der Waals surface area (Å²) in [7, 11) is 0. The largest absolute Gasteiger partial charge is 0.462 e. The van der Waals surface area contributed by atoms with Gasteiger partial charge in [-0.2, -0.15) is 0 Å². The van der Waals surface area contributed by atoms with Gasteiger partial charge in [-0.25, -0.2) is 0 Å². The fraction of sp³-hybridized carbons (Fsp3) is 0.750. The molecule has 0 aromatic rings. The van der Waals surface area contributed by atoms with Crippen molar-refractivity contribution in [2.75, 3.05) is 13.2 Å². The molecule has 1 unspecified atom stereocenters. The fourth-order valence-corrected chi connectivity index (χ4v) is 10.1. The number of ether oxygens (including phenoxy) is 3. The average molecular weight is 1140 g/mol. The van der Waals surface area contributed by atoms with Crippen LogP contribution < -0.4 is 0 Å². The Morgan fingerprint density at radius 2 is 0.500 bits per heavy atom. The van der Waals surface area contributed by atoms with Crippen molar-refractivity contribution in [2.45, 2.75) is 354 Å². The number of rotatable bonds is 64. The molecule has 0 amide bonds. The van der Waals surface area contributed by atoms with Gasteiger partial charge in [0.2, 0.25) is 0 Å². The minimum Gasteiger partial charge on any atom is -0.462 e. The number of allylic oxidation sites excluding steroid dienone is 16. The number of unbranched alkanes of at least 4 members (excludes halogenated alkanes) is 37. The lowest BCUT2D eigenvalue weighted by Gasteiger charge is -2.18. The molecule has 0 fully saturated rings. The molecule has 0 aromatic heterocycles. The van der Waals surface area contributed by atoms with Crippen molar-refractivity contribution in [3.8, 4) is 0 Å². The van der Waals surface area contributed by atoms with E-state index in [-0.39, 0.29) is 37.5 Å². The van der Waals surface area contributed by atoms with Crippen LogP contribution >= 0.6 is 0 Å². The summed E-state index contributed by atoms with van der Waals surface area (Å²) in [6, 6.07) is 0. The molecule has 0 N–H and O–H groups in total. The first-order valence-corrected chi connectivity index (χ1v) is 35.2. The molecule has 0 aliphatic carbocycles. The van der Waals surface area contributed by atoms with Crippen LogP contribution in [-0.4, -0.2) is 37.2 Å². The third-order valence-electron chi connectivity index (χ3n) is 15.3. The minimum absolute atomic E-state index is 0.104. The lowest BCUT2D eigenvalue weighted by molar-refractivity contribution is -0.166. The SMILES string of the molecule is CC/C=C\C/C=C\C/C=C\C/C=C\C/C=C\C/C=C\CCC(=O)OC(COC(=O)CCCCCCCCCCCCCCCC)COC(=O)CCCCCCCCCCCCCCCCCCCCC/C=C\C/C=C\CCCCCCC. The van der Waals surface area contributed by atoms with E-state index < -0.39 is 6.10 Å². The monoisotopic (exact) mass is 1140 g/mol. The molecule has 0 saturated carbocycles. The molecule has 0 bridgehead atoms. The number of hydrogen-bond acceptors (Lipinski definition) is 6. The zero-order valence-electron chi connectivity index (χ0n) is 54.2. The Bertz CT molecular complexity index is 1590. The molecule has 0 radical (unpaired) electrons. The van der Waals surface area contributed by atoms with Gasteiger partial charge >= 0.3 is 17.9 Å². The summed E-state index contributed by atoms with van der Waals surface area (Å²) in [4.78, 5) is 38.4. The molecule has 0 heterocycles. The molecule has 472 valence electrons. The van der Waals surface area contributed by atoms with Crippen molar-refractivity contribution in [3.05, 3.63) is 97.2 Å². The third kappa shape index (κ3) is 67.1. The van der Waals surface area contributed by atoms with E-state index in [4.69, 9.17) is 14.2 Å². The van der Waals surface area contributed by atoms with E-state index in [1.807, 2.05) is 6.08 Å². The van der Waals surface area contributed by atoms with Gasteiger partial charge in [-0.15, -0.1) is 0 Å². The maximum Gasteiger partial charge on any atom is 0.306 e. The first-order chi connectivity index (χ1) is 40.5. The maximum atomic E-state index is 12.9. The fourth-order valence-electron chi connectivity index (χ4n) is 10.1. The lowest BCUT2D eigenvalue weighted by Crippen LogP contribution is -2.30. The molecule has 6 heteroatoms. The van der Waals surface area contributed by atoms with Gasteiger partial charge in [0.05, 0.1) is 0 Å². The lowest BCUT2D eigenvalue weighted by atomic mass is 10.0. The second kappa shape index (κ2) is 69.8. The van der Waals surface area contributed by atoms with Gasteiger partial charge in [0.1, 0.15) is 13.2 Å². The molecule has 0 saturated heterocycles. The third-order valence-corrected chi connectivity index (χ3v) is 15.3. The van der Waals surface area contributed by atoms with Crippen LogP contribution in [-0.2, 0) is 28.6 Å². The zero-order chi connectivity index (χ0) is 59.2. The molecule has 0 aliphatic rings. The van der Waals surface area contributed by atoms with Gasteiger partial charge in [-0.1, -0.05) is 336 Å². The van der Waals surface area contributed by atoms with E-state index in [1.54, 1.807) is 0 Å². The molecule has 0 rings (SSSR count). The number of carbonyl (C=O) groups is 3. The van der Waals surface area contributed by atoms with Crippen molar-refractivity contribution in [3.63, 3.8) is 0 Å². The van der Waals surface area contributed by atoms with Crippen LogP contribution in [0.4, 0.5) is 0 Å². The van der Waals surface area contributed by atoms with Crippen LogP contribution in [0.3, 0.4) is 0 Å². The second-order valence-electron chi connectivity index (χ2n) is 23.4. The normalized spacial score (nSPS) is 12.7. The molecule has 82 heavy (non-hydrogen) atoms. The standard InChI is InChI=1S/C76H132O6/c1-4-7-10-13-16-19-22-25-28-30-32-33-34-35-36-37-38-39-40-41-42-43-45-46-48-51-54-57-60-63-66-69-75(78)81-72-73(71-80-74(77)68-65-62-59-56-53-50-27-24-21-18-15-12-9-6-3)82-76(79)70-67-64-61-58-55-52-49-47-44-31-29-26-23-20-17-14-11-8-5-2/h8,11,17,20,22,25-26,29-30,32,44,47,52,55,61,64,73H,4-7,9-10,12-16,18-19,21,23-24,27-28,31,33-43,45-46,48-51,53-54,56-60,62-63,65-72H2,1-3H3/b11-8-,20-17-,25-22-,29-26-,32-30-,47-44-,55-52-,64-61-. The van der Waals surface area contributed by atoms with Crippen molar-refractivity contribution in [2.24, 2.45) is 0 Å². The Morgan fingerprint density at radius 1 is 0.256 bits per heavy atom. The van der Waals surface area contributed by atoms with E-state index in [0.29, 0.717) is 19.3 Å². The van der Waals surface area contributed by atoms with E-state index >= 15 is 0 Å². The summed E-state index contributed by atoms with van der Waals surface area (Å²) in [6.07, 6.45) is 94.6. The van der Waals surface area contributed by atoms with Gasteiger partial charge in [-0.3, -0.25) is 14.4 Å². The van der Waals surface area contributed by atoms with E-state index in [2.05, 4.69) is 112 Å². The first kappa shape index (κ1) is 78.3. The van der Waals surface area contributed by atoms with Gasteiger partial charge in [0, 0.05) is 19.3 Å². The van der Waals surface area contributed by atoms with Crippen LogP contribution in [0.25, 0.3) is 0 Å². The highest BCUT2D eigenvalue weighted by atomic mass is 16.6. The van der Waals surface area contributed by atoms with Crippen molar-refractivity contribution >= 4 is 17.9 Å². The molecular weight excluding hydrogens is 1010 g/mol. The van der Waals surface area contributed by atoms with Crippen molar-refractivity contribution in [1.29, 1.82) is 0 Å². The zero-order valence-corrected chi connectivity index (χ0v) is 54.2. The summed E-state index contributed by atoms with van der Waals surface area (Å²) >= 11 is 0. The van der Waals surface area contributed by atoms with Crippen LogP contribution in [0.15, 0.2) is 97.2 Å². The minimum atomic E-state index is -0.817. The van der Waals surface area contributed by atoms with Crippen LogP contribution in [0, 0.1) is 0 Å². The number of carbonyl (C=O) groups excluding carboxylic acids is 3. The van der Waals surface area contributed by atoms with Crippen molar-refractivity contribution < 1.29 is 28.6 Å². The quantitative estimate of drug-likeness (QED) is 0.0261. The second-order valence-corrected chi connectivity index (χ2v) is 23.4. The summed E-state index contributed by atoms with van der Waals surface area (Å²) in [5.41, 5.74) is 0.